The number of hydrogen-bond donors (Lipinski definition) is 0. The topological polar surface area (TPSA) is 77.4 Å². The van der Waals surface area contributed by atoms with Crippen LogP contribution in [0.3, 0.4) is 0 Å². The predicted octanol–water partition coefficient (Wildman–Crippen LogP) is 4.78. The molecule has 2 aromatic carbocycles. The fourth-order valence-corrected chi connectivity index (χ4v) is 5.43. The molecule has 0 radical (unpaired) electrons. The molecule has 0 N–H and O–H groups in total. The standard InChI is InChI=1S/C28H37N3O4S/c1-22(29-36(33)27(2,3)4)23-10-12-24(13-11-23)28(14-20-34-21-15-28)31-18-16-30(17-19-31)26(32)35-25-8-6-5-7-9-25/h5-13H,14-21H2,1-4H3/b29-22+. The van der Waals surface area contributed by atoms with Gasteiger partial charge in [-0.1, -0.05) is 46.9 Å². The lowest BCUT2D eigenvalue weighted by molar-refractivity contribution is -0.0483. The molecular weight excluding hydrogens is 474 g/mol. The maximum Gasteiger partial charge on any atom is 0.415 e. The number of carbonyl (C=O) groups excluding carboxylic acids is 1. The summed E-state index contributed by atoms with van der Waals surface area (Å²) in [5.41, 5.74) is 2.87. The molecule has 194 valence electrons. The number of ether oxygens (including phenoxy) is 2. The van der Waals surface area contributed by atoms with Crippen molar-refractivity contribution in [2.75, 3.05) is 39.4 Å². The number of nitrogens with zero attached hydrogens (tertiary/aromatic N) is 3. The summed E-state index contributed by atoms with van der Waals surface area (Å²) in [6.07, 6.45) is 1.51. The van der Waals surface area contributed by atoms with E-state index in [1.165, 1.54) is 5.56 Å². The molecule has 0 saturated carbocycles. The molecule has 2 aliphatic heterocycles. The summed E-state index contributed by atoms with van der Waals surface area (Å²) in [5.74, 6) is 0.566. The molecule has 2 heterocycles. The van der Waals surface area contributed by atoms with Gasteiger partial charge in [-0.2, -0.15) is 0 Å². The molecule has 8 heteroatoms. The third kappa shape index (κ3) is 6.11. The second-order valence-corrected chi connectivity index (χ2v) is 12.3. The van der Waals surface area contributed by atoms with E-state index < -0.39 is 11.4 Å². The van der Waals surface area contributed by atoms with Crippen molar-refractivity contribution in [1.82, 2.24) is 9.80 Å². The molecule has 2 saturated heterocycles. The van der Waals surface area contributed by atoms with Crippen LogP contribution in [0.15, 0.2) is 59.0 Å². The molecule has 4 rings (SSSR count). The Kier molecular flexibility index (Phi) is 8.40. The van der Waals surface area contributed by atoms with Crippen molar-refractivity contribution < 1.29 is 18.8 Å². The van der Waals surface area contributed by atoms with Crippen molar-refractivity contribution in [2.24, 2.45) is 4.40 Å². The van der Waals surface area contributed by atoms with Crippen molar-refractivity contribution in [3.05, 3.63) is 65.7 Å². The second kappa shape index (κ2) is 11.3. The first-order valence-electron chi connectivity index (χ1n) is 12.6. The summed E-state index contributed by atoms with van der Waals surface area (Å²) in [4.78, 5) is 17.0. The van der Waals surface area contributed by atoms with E-state index in [9.17, 15) is 9.35 Å². The zero-order valence-electron chi connectivity index (χ0n) is 21.7. The molecule has 2 aliphatic rings. The van der Waals surface area contributed by atoms with Crippen LogP contribution in [0.1, 0.15) is 51.7 Å². The molecule has 0 bridgehead atoms. The van der Waals surface area contributed by atoms with Crippen LogP contribution in [-0.4, -0.2) is 70.3 Å². The molecule has 0 aromatic heterocycles. The van der Waals surface area contributed by atoms with Crippen LogP contribution in [0.2, 0.25) is 0 Å². The minimum absolute atomic E-state index is 0.133. The first-order valence-corrected chi connectivity index (χ1v) is 13.7. The molecule has 2 fully saturated rings. The molecule has 1 amide bonds. The van der Waals surface area contributed by atoms with Gasteiger partial charge in [0.1, 0.15) is 21.9 Å². The fourth-order valence-electron chi connectivity index (χ4n) is 4.80. The average Bonchev–Trinajstić information content (AvgIpc) is 2.89. The number of para-hydroxylation sites is 1. The lowest BCUT2D eigenvalue weighted by atomic mass is 9.80. The van der Waals surface area contributed by atoms with Gasteiger partial charge in [0.05, 0.1) is 11.3 Å². The quantitative estimate of drug-likeness (QED) is 0.427. The van der Waals surface area contributed by atoms with Gasteiger partial charge < -0.3 is 18.9 Å². The highest BCUT2D eigenvalue weighted by Crippen LogP contribution is 2.39. The van der Waals surface area contributed by atoms with Gasteiger partial charge in [0, 0.05) is 45.0 Å². The lowest BCUT2D eigenvalue weighted by Gasteiger charge is -2.49. The monoisotopic (exact) mass is 511 g/mol. The van der Waals surface area contributed by atoms with Crippen molar-refractivity contribution in [3.8, 4) is 5.75 Å². The van der Waals surface area contributed by atoms with Crippen LogP contribution in [-0.2, 0) is 21.6 Å². The van der Waals surface area contributed by atoms with Crippen molar-refractivity contribution in [2.45, 2.75) is 50.8 Å². The number of piperazine rings is 1. The smallest absolute Gasteiger partial charge is 0.415 e. The highest BCUT2D eigenvalue weighted by atomic mass is 32.2. The van der Waals surface area contributed by atoms with Gasteiger partial charge in [0.2, 0.25) is 0 Å². The second-order valence-electron chi connectivity index (χ2n) is 10.4. The number of rotatable bonds is 5. The summed E-state index contributed by atoms with van der Waals surface area (Å²) in [7, 11) is 0. The third-order valence-corrected chi connectivity index (χ3v) is 8.48. The molecule has 1 unspecified atom stereocenters. The Labute approximate surface area is 217 Å². The Morgan fingerprint density at radius 2 is 1.61 bits per heavy atom. The summed E-state index contributed by atoms with van der Waals surface area (Å²) in [6.45, 7) is 11.9. The van der Waals surface area contributed by atoms with Gasteiger partial charge in [-0.15, -0.1) is 0 Å². The Morgan fingerprint density at radius 1 is 1.00 bits per heavy atom. The normalized spacial score (nSPS) is 20.1. The molecule has 36 heavy (non-hydrogen) atoms. The summed E-state index contributed by atoms with van der Waals surface area (Å²) in [5, 5.41) is 0. The Bertz CT molecular complexity index is 1040. The number of hydrogen-bond acceptors (Lipinski definition) is 6. The largest absolute Gasteiger partial charge is 0.591 e. The van der Waals surface area contributed by atoms with Crippen molar-refractivity contribution in [3.63, 3.8) is 0 Å². The maximum atomic E-state index is 12.7. The lowest BCUT2D eigenvalue weighted by Crippen LogP contribution is -2.58. The fraction of sp³-hybridized carbons (Fsp3) is 0.500. The molecule has 2 aromatic rings. The highest BCUT2D eigenvalue weighted by molar-refractivity contribution is 7.91. The van der Waals surface area contributed by atoms with E-state index in [1.54, 1.807) is 17.0 Å². The van der Waals surface area contributed by atoms with Crippen molar-refractivity contribution in [1.29, 1.82) is 0 Å². The Morgan fingerprint density at radius 3 is 2.19 bits per heavy atom. The van der Waals surface area contributed by atoms with Crippen LogP contribution in [0, 0.1) is 0 Å². The minimum Gasteiger partial charge on any atom is -0.591 e. The summed E-state index contributed by atoms with van der Waals surface area (Å²) < 4.78 is 27.8. The molecule has 0 aliphatic carbocycles. The summed E-state index contributed by atoms with van der Waals surface area (Å²) >= 11 is -1.29. The Balaban J connectivity index is 1.46. The van der Waals surface area contributed by atoms with Crippen LogP contribution in [0.5, 0.6) is 5.75 Å². The SMILES string of the molecule is C/C(=N\[S+]([O-])C(C)(C)C)c1ccc(C2(N3CCN(C(=O)Oc4ccccc4)CC3)CCOCC2)cc1. The zero-order chi connectivity index (χ0) is 25.8. The van der Waals surface area contributed by atoms with Gasteiger partial charge in [-0.25, -0.2) is 4.79 Å². The van der Waals surface area contributed by atoms with Crippen LogP contribution in [0.4, 0.5) is 4.79 Å². The minimum atomic E-state index is -1.29. The van der Waals surface area contributed by atoms with E-state index in [4.69, 9.17) is 9.47 Å². The molecule has 1 atom stereocenters. The maximum absolute atomic E-state index is 12.7. The highest BCUT2D eigenvalue weighted by Gasteiger charge is 2.42. The van der Waals surface area contributed by atoms with E-state index in [0.29, 0.717) is 32.1 Å². The van der Waals surface area contributed by atoms with Gasteiger partial charge in [-0.05, 0) is 58.2 Å². The van der Waals surface area contributed by atoms with Crippen LogP contribution in [0.25, 0.3) is 0 Å². The number of carbonyl (C=O) groups is 1. The van der Waals surface area contributed by atoms with E-state index in [0.717, 1.165) is 37.2 Å². The average molecular weight is 512 g/mol. The van der Waals surface area contributed by atoms with Gasteiger partial charge in [-0.3, -0.25) is 4.90 Å². The summed E-state index contributed by atoms with van der Waals surface area (Å²) in [6, 6.07) is 17.7. The van der Waals surface area contributed by atoms with Crippen LogP contribution >= 0.6 is 0 Å². The van der Waals surface area contributed by atoms with Crippen LogP contribution < -0.4 is 4.74 Å². The van der Waals surface area contributed by atoms with E-state index in [2.05, 4.69) is 33.6 Å². The van der Waals surface area contributed by atoms with Gasteiger partial charge in [0.15, 0.2) is 0 Å². The van der Waals surface area contributed by atoms with E-state index in [-0.39, 0.29) is 16.4 Å². The van der Waals surface area contributed by atoms with E-state index in [1.807, 2.05) is 45.9 Å². The first kappa shape index (κ1) is 26.7. The number of benzene rings is 2. The molecule has 7 nitrogen and oxygen atoms in total. The van der Waals surface area contributed by atoms with Gasteiger partial charge in [0.25, 0.3) is 0 Å². The molecule has 0 spiro atoms. The zero-order valence-corrected chi connectivity index (χ0v) is 22.6. The molecular formula is C28H37N3O4S. The predicted molar refractivity (Wildman–Crippen MR) is 144 cm³/mol. The number of amides is 1. The van der Waals surface area contributed by atoms with Gasteiger partial charge >= 0.3 is 6.09 Å². The van der Waals surface area contributed by atoms with E-state index >= 15 is 0 Å². The Hall–Kier alpha value is -2.39. The third-order valence-electron chi connectivity index (χ3n) is 7.00. The van der Waals surface area contributed by atoms with Crippen molar-refractivity contribution >= 4 is 23.2 Å². The first-order chi connectivity index (χ1) is 17.2.